The Morgan fingerprint density at radius 2 is 1.90 bits per heavy atom. The fourth-order valence-electron chi connectivity index (χ4n) is 4.36. The Morgan fingerprint density at radius 1 is 1.13 bits per heavy atom. The van der Waals surface area contributed by atoms with Crippen LogP contribution in [0.4, 0.5) is 8.78 Å². The van der Waals surface area contributed by atoms with Gasteiger partial charge in [-0.3, -0.25) is 14.9 Å². The number of aromatic nitrogens is 6. The van der Waals surface area contributed by atoms with E-state index in [2.05, 4.69) is 15.2 Å². The first-order valence-electron chi connectivity index (χ1n) is 12.0. The molecule has 1 amide bonds. The summed E-state index contributed by atoms with van der Waals surface area (Å²) < 4.78 is 32.2. The van der Waals surface area contributed by atoms with Crippen LogP contribution in [0.3, 0.4) is 0 Å². The van der Waals surface area contributed by atoms with E-state index in [0.717, 1.165) is 17.7 Å². The lowest BCUT2D eigenvalue weighted by atomic mass is 9.92. The maximum atomic E-state index is 14.7. The normalized spacial score (nSPS) is 13.0. The second-order valence-electron chi connectivity index (χ2n) is 9.23. The van der Waals surface area contributed by atoms with Gasteiger partial charge in [0.2, 0.25) is 5.91 Å². The topological polar surface area (TPSA) is 143 Å². The van der Waals surface area contributed by atoms with E-state index in [1.165, 1.54) is 39.0 Å². The van der Waals surface area contributed by atoms with Gasteiger partial charge >= 0.3 is 5.69 Å². The van der Waals surface area contributed by atoms with Crippen LogP contribution >= 0.6 is 0 Å². The van der Waals surface area contributed by atoms with Crippen LogP contribution in [-0.4, -0.2) is 63.8 Å². The third kappa shape index (κ3) is 6.79. The number of likely N-dealkylation sites (N-methyl/N-ethyl adjacent to an activating group) is 1. The molecule has 3 N–H and O–H groups in total. The van der Waals surface area contributed by atoms with Gasteiger partial charge in [0, 0.05) is 37.7 Å². The summed E-state index contributed by atoms with van der Waals surface area (Å²) in [6.45, 7) is 0.492. The van der Waals surface area contributed by atoms with Crippen molar-refractivity contribution in [3.05, 3.63) is 94.7 Å². The zero-order valence-electron chi connectivity index (χ0n) is 21.1. The number of benzene rings is 2. The second-order valence-corrected chi connectivity index (χ2v) is 9.23. The quantitative estimate of drug-likeness (QED) is 0.179. The highest BCUT2D eigenvalue weighted by Gasteiger charge is 2.35. The number of nitrogens with zero attached hydrogens (tertiary/aromatic N) is 7. The lowest BCUT2D eigenvalue weighted by Gasteiger charge is -2.33. The third-order valence-electron chi connectivity index (χ3n) is 6.15. The summed E-state index contributed by atoms with van der Waals surface area (Å²) in [5, 5.41) is 28.2. The Morgan fingerprint density at radius 3 is 2.56 bits per heavy atom. The molecule has 0 aliphatic carbocycles. The van der Waals surface area contributed by atoms with Gasteiger partial charge in [-0.25, -0.2) is 38.0 Å². The standard InChI is InChI=1S/C25H28F2N8O4/c1-32(13-25(38,14-33-16-28-15-29-33)21-9-6-19(26)11-22(21)27)12-18-4-7-20(8-5-18)34-17-30-35(24(34)37)10-2-3-23(36)31-39/h4-9,11,15-17,38-39H,2-3,10,12-14H2,1H3,(H,31,36). The number of carbonyl (C=O) groups excluding carboxylic acids is 1. The highest BCUT2D eigenvalue weighted by molar-refractivity contribution is 5.74. The molecule has 2 aromatic heterocycles. The molecule has 0 aliphatic rings. The molecule has 0 saturated carbocycles. The van der Waals surface area contributed by atoms with Gasteiger partial charge in [0.15, 0.2) is 0 Å². The SMILES string of the molecule is CN(Cc1ccc(-n2cnn(CCCC(=O)NO)c2=O)cc1)CC(O)(Cn1cncn1)c1ccc(F)cc1F. The van der Waals surface area contributed by atoms with Gasteiger partial charge in [-0.1, -0.05) is 18.2 Å². The van der Waals surface area contributed by atoms with Crippen molar-refractivity contribution in [2.45, 2.75) is 38.1 Å². The smallest absolute Gasteiger partial charge is 0.350 e. The first-order valence-corrected chi connectivity index (χ1v) is 12.0. The zero-order valence-corrected chi connectivity index (χ0v) is 21.1. The third-order valence-corrected chi connectivity index (χ3v) is 6.15. The van der Waals surface area contributed by atoms with Gasteiger partial charge in [0.1, 0.15) is 36.2 Å². The maximum Gasteiger partial charge on any atom is 0.350 e. The van der Waals surface area contributed by atoms with Crippen LogP contribution in [0.5, 0.6) is 0 Å². The van der Waals surface area contributed by atoms with Crippen molar-refractivity contribution in [2.24, 2.45) is 0 Å². The molecule has 1 unspecified atom stereocenters. The van der Waals surface area contributed by atoms with Gasteiger partial charge in [0.05, 0.1) is 12.2 Å². The largest absolute Gasteiger partial charge is 0.382 e. The van der Waals surface area contributed by atoms with Crippen LogP contribution < -0.4 is 11.2 Å². The molecule has 0 radical (unpaired) electrons. The molecule has 0 fully saturated rings. The molecule has 39 heavy (non-hydrogen) atoms. The minimum atomic E-state index is -1.74. The summed E-state index contributed by atoms with van der Waals surface area (Å²) >= 11 is 0. The van der Waals surface area contributed by atoms with Gasteiger partial charge in [-0.05, 0) is 37.2 Å². The van der Waals surface area contributed by atoms with E-state index in [4.69, 9.17) is 5.21 Å². The highest BCUT2D eigenvalue weighted by atomic mass is 19.1. The fraction of sp³-hybridized carbons (Fsp3) is 0.320. The number of aliphatic hydroxyl groups is 1. The Hall–Kier alpha value is -4.27. The average Bonchev–Trinajstić information content (AvgIpc) is 3.53. The number of hydrogen-bond acceptors (Lipinski definition) is 8. The fourth-order valence-corrected chi connectivity index (χ4v) is 4.36. The van der Waals surface area contributed by atoms with Gasteiger partial charge in [-0.15, -0.1) is 0 Å². The summed E-state index contributed by atoms with van der Waals surface area (Å²) in [5.41, 5.74) is 0.822. The second kappa shape index (κ2) is 12.1. The predicted octanol–water partition coefficient (Wildman–Crippen LogP) is 1.21. The molecular weight excluding hydrogens is 514 g/mol. The minimum Gasteiger partial charge on any atom is -0.382 e. The number of halogens is 2. The highest BCUT2D eigenvalue weighted by Crippen LogP contribution is 2.28. The van der Waals surface area contributed by atoms with Crippen molar-refractivity contribution in [1.82, 2.24) is 39.5 Å². The van der Waals surface area contributed by atoms with Gasteiger partial charge < -0.3 is 5.11 Å². The number of carbonyl (C=O) groups is 1. The van der Waals surface area contributed by atoms with E-state index in [-0.39, 0.29) is 37.3 Å². The molecule has 206 valence electrons. The van der Waals surface area contributed by atoms with Crippen molar-refractivity contribution in [1.29, 1.82) is 0 Å². The number of hydrogen-bond donors (Lipinski definition) is 3. The summed E-state index contributed by atoms with van der Waals surface area (Å²) in [6.07, 6.45) is 4.48. The van der Waals surface area contributed by atoms with E-state index < -0.39 is 23.1 Å². The van der Waals surface area contributed by atoms with E-state index in [1.54, 1.807) is 29.6 Å². The molecule has 0 spiro atoms. The number of hydroxylamine groups is 1. The van der Waals surface area contributed by atoms with Gasteiger partial charge in [-0.2, -0.15) is 10.2 Å². The molecule has 0 saturated heterocycles. The number of aryl methyl sites for hydroxylation is 1. The van der Waals surface area contributed by atoms with Crippen molar-refractivity contribution in [3.63, 3.8) is 0 Å². The number of rotatable bonds is 12. The van der Waals surface area contributed by atoms with Crippen molar-refractivity contribution in [2.75, 3.05) is 13.6 Å². The monoisotopic (exact) mass is 542 g/mol. The van der Waals surface area contributed by atoms with Gasteiger partial charge in [0.25, 0.3) is 0 Å². The molecule has 2 heterocycles. The van der Waals surface area contributed by atoms with E-state index in [1.807, 2.05) is 12.1 Å². The van der Waals surface area contributed by atoms with Crippen LogP contribution in [0.25, 0.3) is 5.69 Å². The lowest BCUT2D eigenvalue weighted by molar-refractivity contribution is -0.129. The Labute approximate surface area is 221 Å². The summed E-state index contributed by atoms with van der Waals surface area (Å²) in [5.74, 6) is -2.15. The molecule has 4 aromatic rings. The van der Waals surface area contributed by atoms with Crippen LogP contribution in [0, 0.1) is 11.6 Å². The summed E-state index contributed by atoms with van der Waals surface area (Å²) in [7, 11) is 1.76. The average molecular weight is 543 g/mol. The Bertz CT molecular complexity index is 1460. The van der Waals surface area contributed by atoms with Crippen molar-refractivity contribution in [3.8, 4) is 5.69 Å². The van der Waals surface area contributed by atoms with E-state index >= 15 is 0 Å². The maximum absolute atomic E-state index is 14.7. The molecule has 12 nitrogen and oxygen atoms in total. The summed E-state index contributed by atoms with van der Waals surface area (Å²) in [4.78, 5) is 29.5. The first-order chi connectivity index (χ1) is 18.7. The van der Waals surface area contributed by atoms with Crippen LogP contribution in [-0.2, 0) is 30.0 Å². The molecule has 2 aromatic carbocycles. The minimum absolute atomic E-state index is 0.00229. The summed E-state index contributed by atoms with van der Waals surface area (Å²) in [6, 6.07) is 10.2. The molecule has 14 heteroatoms. The van der Waals surface area contributed by atoms with Crippen molar-refractivity contribution >= 4 is 5.91 Å². The van der Waals surface area contributed by atoms with Crippen LogP contribution in [0.1, 0.15) is 24.0 Å². The molecule has 0 bridgehead atoms. The number of nitrogens with one attached hydrogen (secondary N) is 1. The lowest BCUT2D eigenvalue weighted by Crippen LogP contribution is -2.43. The van der Waals surface area contributed by atoms with E-state index in [9.17, 15) is 23.5 Å². The predicted molar refractivity (Wildman–Crippen MR) is 134 cm³/mol. The van der Waals surface area contributed by atoms with E-state index in [0.29, 0.717) is 18.7 Å². The zero-order chi connectivity index (χ0) is 28.0. The number of amides is 1. The molecule has 0 aliphatic heterocycles. The Balaban J connectivity index is 1.45. The van der Waals surface area contributed by atoms with Crippen LogP contribution in [0.15, 0.2) is 66.2 Å². The molecular formula is C25H28F2N8O4. The molecule has 1 atom stereocenters. The van der Waals surface area contributed by atoms with Crippen LogP contribution in [0.2, 0.25) is 0 Å². The first kappa shape index (κ1) is 27.8. The molecule has 4 rings (SSSR count). The Kier molecular flexibility index (Phi) is 8.59. The van der Waals surface area contributed by atoms with Crippen molar-refractivity contribution < 1.29 is 23.9 Å².